The fraction of sp³-hybridized carbons (Fsp3) is 0.833. The van der Waals surface area contributed by atoms with Gasteiger partial charge in [0.15, 0.2) is 0 Å². The number of nitrogens with one attached hydrogen (secondary N) is 1. The molecule has 78 valence electrons. The van der Waals surface area contributed by atoms with Crippen LogP contribution in [0.25, 0.3) is 0 Å². The van der Waals surface area contributed by atoms with Crippen molar-refractivity contribution in [2.75, 3.05) is 12.3 Å². The second kappa shape index (κ2) is 5.15. The van der Waals surface area contributed by atoms with Crippen molar-refractivity contribution >= 4 is 16.0 Å². The van der Waals surface area contributed by atoms with E-state index in [1.807, 2.05) is 0 Å². The van der Waals surface area contributed by atoms with Gasteiger partial charge < -0.3 is 11.1 Å². The lowest BCUT2D eigenvalue weighted by atomic mass is 10.3. The van der Waals surface area contributed by atoms with E-state index < -0.39 is 21.9 Å². The van der Waals surface area contributed by atoms with Gasteiger partial charge in [0.2, 0.25) is 5.91 Å². The number of nitrogens with two attached hydrogens (primary N) is 1. The van der Waals surface area contributed by atoms with Crippen LogP contribution in [-0.2, 0) is 14.9 Å². The fourth-order valence-electron chi connectivity index (χ4n) is 0.836. The van der Waals surface area contributed by atoms with E-state index >= 15 is 0 Å². The molecule has 0 spiro atoms. The van der Waals surface area contributed by atoms with Crippen molar-refractivity contribution in [1.29, 1.82) is 0 Å². The highest BCUT2D eigenvalue weighted by atomic mass is 32.2. The van der Waals surface area contributed by atoms with Gasteiger partial charge in [-0.05, 0) is 6.92 Å². The monoisotopic (exact) mass is 210 g/mol. The summed E-state index contributed by atoms with van der Waals surface area (Å²) in [5, 5.41) is 2.38. The van der Waals surface area contributed by atoms with Crippen LogP contribution in [0.5, 0.6) is 0 Å². The van der Waals surface area contributed by atoms with Crippen LogP contribution in [0.3, 0.4) is 0 Å². The molecule has 1 amide bonds. The predicted octanol–water partition coefficient (Wildman–Crippen LogP) is -1.27. The number of hydrogen-bond acceptors (Lipinski definition) is 4. The molecule has 0 saturated carbocycles. The van der Waals surface area contributed by atoms with Gasteiger partial charge in [0.25, 0.3) is 10.1 Å². The van der Waals surface area contributed by atoms with E-state index in [4.69, 9.17) is 10.3 Å². The Morgan fingerprint density at radius 3 is 2.54 bits per heavy atom. The summed E-state index contributed by atoms with van der Waals surface area (Å²) in [5.74, 6) is -0.804. The van der Waals surface area contributed by atoms with Gasteiger partial charge in [0.05, 0.1) is 5.75 Å². The molecule has 0 aromatic heterocycles. The van der Waals surface area contributed by atoms with Gasteiger partial charge in [0, 0.05) is 19.0 Å². The van der Waals surface area contributed by atoms with Crippen molar-refractivity contribution in [3.63, 3.8) is 0 Å². The smallest absolute Gasteiger partial charge is 0.266 e. The maximum absolute atomic E-state index is 10.9. The van der Waals surface area contributed by atoms with Crippen molar-refractivity contribution in [3.05, 3.63) is 0 Å². The topological polar surface area (TPSA) is 109 Å². The summed E-state index contributed by atoms with van der Waals surface area (Å²) in [6.07, 6.45) is 0.149. The van der Waals surface area contributed by atoms with Crippen LogP contribution < -0.4 is 11.1 Å². The van der Waals surface area contributed by atoms with Crippen LogP contribution in [-0.4, -0.2) is 37.2 Å². The molecule has 0 aliphatic heterocycles. The van der Waals surface area contributed by atoms with Gasteiger partial charge in [0.1, 0.15) is 0 Å². The highest BCUT2D eigenvalue weighted by Gasteiger charge is 2.13. The third kappa shape index (κ3) is 7.69. The molecule has 0 bridgehead atoms. The highest BCUT2D eigenvalue weighted by Crippen LogP contribution is 1.90. The summed E-state index contributed by atoms with van der Waals surface area (Å²) in [6.45, 7) is 1.70. The third-order valence-corrected chi connectivity index (χ3v) is 2.16. The molecule has 0 aliphatic carbocycles. The maximum Gasteiger partial charge on any atom is 0.266 e. The summed E-state index contributed by atoms with van der Waals surface area (Å²) in [4.78, 5) is 10.9. The minimum Gasteiger partial charge on any atom is -0.352 e. The number of amides is 1. The van der Waals surface area contributed by atoms with E-state index in [-0.39, 0.29) is 18.9 Å². The average Bonchev–Trinajstić information content (AvgIpc) is 1.81. The number of carbonyl (C=O) groups is 1. The Balaban J connectivity index is 3.88. The van der Waals surface area contributed by atoms with E-state index in [1.165, 1.54) is 6.92 Å². The molecule has 0 saturated heterocycles. The standard InChI is InChI=1S/C6H14N2O4S/c1-5(4-13(10,11)12)8-6(9)2-3-7/h5H,2-4,7H2,1H3,(H,8,9)(H,10,11,12). The van der Waals surface area contributed by atoms with E-state index in [1.54, 1.807) is 0 Å². The first-order chi connectivity index (χ1) is 5.85. The van der Waals surface area contributed by atoms with Crippen molar-refractivity contribution < 1.29 is 17.8 Å². The van der Waals surface area contributed by atoms with Gasteiger partial charge in [-0.1, -0.05) is 0 Å². The second-order valence-electron chi connectivity index (χ2n) is 2.76. The molecular formula is C6H14N2O4S. The van der Waals surface area contributed by atoms with E-state index in [0.29, 0.717) is 0 Å². The Labute approximate surface area is 77.2 Å². The molecule has 0 heterocycles. The molecular weight excluding hydrogens is 196 g/mol. The molecule has 0 aromatic carbocycles. The molecule has 13 heavy (non-hydrogen) atoms. The summed E-state index contributed by atoms with van der Waals surface area (Å²) in [5.41, 5.74) is 5.10. The molecule has 0 aliphatic rings. The number of carbonyl (C=O) groups excluding carboxylic acids is 1. The molecule has 7 heteroatoms. The molecule has 0 radical (unpaired) electrons. The Morgan fingerprint density at radius 2 is 2.15 bits per heavy atom. The maximum atomic E-state index is 10.9. The Bertz CT molecular complexity index is 262. The quantitative estimate of drug-likeness (QED) is 0.490. The lowest BCUT2D eigenvalue weighted by molar-refractivity contribution is -0.121. The number of hydrogen-bond donors (Lipinski definition) is 3. The van der Waals surface area contributed by atoms with Crippen LogP contribution in [0.4, 0.5) is 0 Å². The van der Waals surface area contributed by atoms with Crippen molar-refractivity contribution in [1.82, 2.24) is 5.32 Å². The van der Waals surface area contributed by atoms with E-state index in [9.17, 15) is 13.2 Å². The average molecular weight is 210 g/mol. The van der Waals surface area contributed by atoms with E-state index in [2.05, 4.69) is 5.32 Å². The zero-order valence-corrected chi connectivity index (χ0v) is 8.17. The van der Waals surface area contributed by atoms with Crippen molar-refractivity contribution in [3.8, 4) is 0 Å². The molecule has 1 atom stereocenters. The van der Waals surface area contributed by atoms with Crippen LogP contribution in [0, 0.1) is 0 Å². The van der Waals surface area contributed by atoms with E-state index in [0.717, 1.165) is 0 Å². The first-order valence-electron chi connectivity index (χ1n) is 3.79. The number of rotatable bonds is 5. The normalized spacial score (nSPS) is 13.8. The van der Waals surface area contributed by atoms with Crippen molar-refractivity contribution in [2.24, 2.45) is 5.73 Å². The summed E-state index contributed by atoms with van der Waals surface area (Å²) in [7, 11) is -4.03. The van der Waals surface area contributed by atoms with Crippen LogP contribution in [0.2, 0.25) is 0 Å². The third-order valence-electron chi connectivity index (χ3n) is 1.24. The summed E-state index contributed by atoms with van der Waals surface area (Å²) < 4.78 is 29.1. The summed E-state index contributed by atoms with van der Waals surface area (Å²) in [6, 6.07) is -0.603. The Morgan fingerprint density at radius 1 is 1.62 bits per heavy atom. The molecule has 1 unspecified atom stereocenters. The fourth-order valence-corrected chi connectivity index (χ4v) is 1.55. The zero-order valence-electron chi connectivity index (χ0n) is 7.36. The lowest BCUT2D eigenvalue weighted by Crippen LogP contribution is -2.38. The van der Waals surface area contributed by atoms with Crippen LogP contribution in [0.15, 0.2) is 0 Å². The minimum atomic E-state index is -4.03. The molecule has 6 nitrogen and oxygen atoms in total. The summed E-state index contributed by atoms with van der Waals surface area (Å²) >= 11 is 0. The molecule has 0 aromatic rings. The minimum absolute atomic E-state index is 0.149. The van der Waals surface area contributed by atoms with Gasteiger partial charge >= 0.3 is 0 Å². The SMILES string of the molecule is CC(CS(=O)(=O)O)NC(=O)CCN. The Kier molecular flexibility index (Phi) is 4.89. The first kappa shape index (κ1) is 12.3. The van der Waals surface area contributed by atoms with Gasteiger partial charge in [-0.15, -0.1) is 0 Å². The molecule has 4 N–H and O–H groups in total. The van der Waals surface area contributed by atoms with Gasteiger partial charge in [-0.25, -0.2) is 0 Å². The van der Waals surface area contributed by atoms with Gasteiger partial charge in [-0.3, -0.25) is 9.35 Å². The molecule has 0 fully saturated rings. The lowest BCUT2D eigenvalue weighted by Gasteiger charge is -2.11. The Hall–Kier alpha value is -0.660. The van der Waals surface area contributed by atoms with Crippen LogP contribution >= 0.6 is 0 Å². The first-order valence-corrected chi connectivity index (χ1v) is 5.40. The largest absolute Gasteiger partial charge is 0.352 e. The van der Waals surface area contributed by atoms with Gasteiger partial charge in [-0.2, -0.15) is 8.42 Å². The predicted molar refractivity (Wildman–Crippen MR) is 47.7 cm³/mol. The van der Waals surface area contributed by atoms with Crippen LogP contribution in [0.1, 0.15) is 13.3 Å². The zero-order chi connectivity index (χ0) is 10.5. The van der Waals surface area contributed by atoms with Crippen molar-refractivity contribution in [2.45, 2.75) is 19.4 Å². The molecule has 0 rings (SSSR count). The highest BCUT2D eigenvalue weighted by molar-refractivity contribution is 7.85. The second-order valence-corrected chi connectivity index (χ2v) is 4.25.